The Kier molecular flexibility index (Phi) is 9.49. The van der Waals surface area contributed by atoms with E-state index in [1.807, 2.05) is 0 Å². The second-order valence-electron chi connectivity index (χ2n) is 12.9. The molecule has 0 amide bonds. The summed E-state index contributed by atoms with van der Waals surface area (Å²) in [5, 5.41) is 0.0400. The van der Waals surface area contributed by atoms with Crippen LogP contribution in [0.5, 0.6) is 0 Å². The minimum Gasteiger partial charge on any atom is -0.414 e. The van der Waals surface area contributed by atoms with Crippen LogP contribution < -0.4 is 11.3 Å². The first-order valence-electron chi connectivity index (χ1n) is 13.8. The molecule has 3 heterocycles. The molecule has 1 unspecified atom stereocenters. The summed E-state index contributed by atoms with van der Waals surface area (Å²) in [6, 6.07) is 0. The number of hydrogen-bond acceptors (Lipinski definition) is 10. The zero-order valence-corrected chi connectivity index (χ0v) is 28.2. The molecule has 7 atom stereocenters. The monoisotopic (exact) mass is 629 g/mol. The van der Waals surface area contributed by atoms with Gasteiger partial charge in [-0.2, -0.15) is 17.6 Å². The van der Waals surface area contributed by atoms with Gasteiger partial charge < -0.3 is 23.9 Å². The molecule has 0 radical (unpaired) electrons. The largest absolute Gasteiger partial charge is 0.414 e. The van der Waals surface area contributed by atoms with E-state index in [9.17, 15) is 4.79 Å². The number of H-pyrrole nitrogens is 1. The van der Waals surface area contributed by atoms with Crippen molar-refractivity contribution in [1.29, 1.82) is 0 Å². The standard InChI is InChI=1S/C26H44N5O5PS2Si/c1-15(2)16-9-10-26(6,38)19(11-16)36-37(39)35-17-12-20(34-18(17)13-33-40(7,8)25(3,4)5)31-14-28-21-22(31)29-24(27)30-23(21)32/h14,16-20,37-38H,1,9-13H2,2-8H3,(H3,27,29,30,32)/t16-,17-,18+,19+,20+,26+/m0/s1. The number of aromatic amines is 1. The third kappa shape index (κ3) is 6.94. The molecule has 2 aromatic rings. The van der Waals surface area contributed by atoms with E-state index in [0.29, 0.717) is 24.6 Å². The van der Waals surface area contributed by atoms with Gasteiger partial charge in [-0.05, 0) is 69.0 Å². The van der Waals surface area contributed by atoms with Crippen molar-refractivity contribution < 1.29 is 18.2 Å². The van der Waals surface area contributed by atoms with Gasteiger partial charge in [0.25, 0.3) is 5.56 Å². The highest BCUT2D eigenvalue weighted by molar-refractivity contribution is 8.00. The molecule has 4 rings (SSSR count). The van der Waals surface area contributed by atoms with Gasteiger partial charge in [-0.15, -0.1) is 0 Å². The topological polar surface area (TPSA) is 127 Å². The molecule has 3 N–H and O–H groups in total. The minimum absolute atomic E-state index is 0.0164. The second-order valence-corrected chi connectivity index (χ2v) is 20.7. The van der Waals surface area contributed by atoms with E-state index in [2.05, 4.69) is 69.2 Å². The number of nitrogen functional groups attached to an aromatic ring is 1. The smallest absolute Gasteiger partial charge is 0.280 e. The molecule has 40 heavy (non-hydrogen) atoms. The molecular weight excluding hydrogens is 586 g/mol. The van der Waals surface area contributed by atoms with Crippen LogP contribution in [0, 0.1) is 5.92 Å². The van der Waals surface area contributed by atoms with Gasteiger partial charge in [-0.1, -0.05) is 32.9 Å². The molecule has 2 fully saturated rings. The van der Waals surface area contributed by atoms with Crippen LogP contribution in [0.3, 0.4) is 0 Å². The van der Waals surface area contributed by atoms with Crippen molar-refractivity contribution in [2.24, 2.45) is 5.92 Å². The molecule has 2 aromatic heterocycles. The number of hydrogen-bond donors (Lipinski definition) is 3. The van der Waals surface area contributed by atoms with E-state index in [-0.39, 0.29) is 39.6 Å². The number of rotatable bonds is 9. The van der Waals surface area contributed by atoms with Crippen LogP contribution in [0.25, 0.3) is 11.2 Å². The maximum Gasteiger partial charge on any atom is 0.280 e. The first-order chi connectivity index (χ1) is 18.5. The van der Waals surface area contributed by atoms with E-state index in [0.717, 1.165) is 24.8 Å². The third-order valence-corrected chi connectivity index (χ3v) is 15.3. The molecule has 10 nitrogen and oxygen atoms in total. The van der Waals surface area contributed by atoms with Crippen LogP contribution in [0.15, 0.2) is 23.3 Å². The second kappa shape index (κ2) is 11.9. The fraction of sp³-hybridized carbons (Fsp3) is 0.731. The average Bonchev–Trinajstić information content (AvgIpc) is 3.42. The summed E-state index contributed by atoms with van der Waals surface area (Å²) in [6.45, 7) is 19.7. The lowest BCUT2D eigenvalue weighted by atomic mass is 9.77. The third-order valence-electron chi connectivity index (χ3n) is 8.73. The maximum atomic E-state index is 12.3. The van der Waals surface area contributed by atoms with Gasteiger partial charge in [0.15, 0.2) is 26.6 Å². The van der Waals surface area contributed by atoms with Crippen LogP contribution in [0.2, 0.25) is 18.1 Å². The Morgan fingerprint density at radius 3 is 2.75 bits per heavy atom. The first-order valence-corrected chi connectivity index (χ1v) is 19.6. The lowest BCUT2D eigenvalue weighted by Crippen LogP contribution is -2.44. The van der Waals surface area contributed by atoms with Crippen LogP contribution >= 0.6 is 19.8 Å². The van der Waals surface area contributed by atoms with Gasteiger partial charge >= 0.3 is 0 Å². The fourth-order valence-electron chi connectivity index (χ4n) is 4.95. The molecule has 2 aliphatic rings. The van der Waals surface area contributed by atoms with Gasteiger partial charge in [0.05, 0.1) is 25.1 Å². The Morgan fingerprint density at radius 2 is 2.10 bits per heavy atom. The molecule has 1 aliphatic carbocycles. The fourth-order valence-corrected chi connectivity index (χ4v) is 8.21. The van der Waals surface area contributed by atoms with Crippen LogP contribution in [0.1, 0.15) is 66.5 Å². The predicted molar refractivity (Wildman–Crippen MR) is 169 cm³/mol. The number of nitrogens with zero attached hydrogens (tertiary/aromatic N) is 3. The van der Waals surface area contributed by atoms with Gasteiger partial charge in [0.2, 0.25) is 5.95 Å². The minimum atomic E-state index is -2.09. The number of fused-ring (bicyclic) bond motifs is 1. The summed E-state index contributed by atoms with van der Waals surface area (Å²) in [4.78, 5) is 23.4. The number of allylic oxidation sites excluding steroid dienone is 1. The number of thiol groups is 1. The van der Waals surface area contributed by atoms with Gasteiger partial charge in [-0.3, -0.25) is 14.3 Å². The van der Waals surface area contributed by atoms with E-state index in [4.69, 9.17) is 48.4 Å². The Bertz CT molecular complexity index is 1330. The Morgan fingerprint density at radius 1 is 1.40 bits per heavy atom. The summed E-state index contributed by atoms with van der Waals surface area (Å²) in [7, 11) is -4.14. The normalized spacial score (nSPS) is 30.6. The van der Waals surface area contributed by atoms with E-state index in [1.165, 1.54) is 0 Å². The van der Waals surface area contributed by atoms with Crippen LogP contribution in [-0.2, 0) is 30.0 Å². The van der Waals surface area contributed by atoms with Crippen molar-refractivity contribution in [3.05, 3.63) is 28.8 Å². The Balaban J connectivity index is 1.54. The zero-order valence-electron chi connectivity index (χ0n) is 24.5. The lowest BCUT2D eigenvalue weighted by Gasteiger charge is -2.41. The van der Waals surface area contributed by atoms with Crippen molar-refractivity contribution in [3.8, 4) is 0 Å². The highest BCUT2D eigenvalue weighted by Gasteiger charge is 2.44. The summed E-state index contributed by atoms with van der Waals surface area (Å²) in [6.07, 6.45) is 3.43. The first kappa shape index (κ1) is 31.9. The summed E-state index contributed by atoms with van der Waals surface area (Å²) in [5.41, 5.74) is 7.14. The quantitative estimate of drug-likeness (QED) is 0.146. The van der Waals surface area contributed by atoms with Crippen molar-refractivity contribution in [3.63, 3.8) is 0 Å². The van der Waals surface area contributed by atoms with Crippen LogP contribution in [-0.4, -0.2) is 57.5 Å². The van der Waals surface area contributed by atoms with Gasteiger partial charge in [0, 0.05) is 11.2 Å². The highest BCUT2D eigenvalue weighted by Crippen LogP contribution is 2.47. The number of ether oxygens (including phenoxy) is 1. The number of nitrogens with one attached hydrogen (secondary N) is 1. The van der Waals surface area contributed by atoms with Crippen molar-refractivity contribution >= 4 is 57.0 Å². The summed E-state index contributed by atoms with van der Waals surface area (Å²) >= 11 is 10.7. The number of anilines is 1. The van der Waals surface area contributed by atoms with Crippen LogP contribution in [0.4, 0.5) is 5.95 Å². The van der Waals surface area contributed by atoms with Crippen molar-refractivity contribution in [2.45, 2.75) is 108 Å². The SMILES string of the molecule is C=C(C)[C@H]1CC[C@@](C)(S)[C@H](O[PH](=S)O[C@H]2C[C@H](n3cnc4c(=O)[nH]c(N)nc43)O[C@@H]2CO[Si](C)(C)C(C)(C)C)C1. The zero-order chi connectivity index (χ0) is 29.6. The molecule has 0 bridgehead atoms. The van der Waals surface area contributed by atoms with E-state index >= 15 is 0 Å². The average molecular weight is 630 g/mol. The number of nitrogens with two attached hydrogens (primary N) is 1. The number of aromatic nitrogens is 4. The molecule has 224 valence electrons. The van der Waals surface area contributed by atoms with Gasteiger partial charge in [0.1, 0.15) is 12.3 Å². The van der Waals surface area contributed by atoms with Crippen molar-refractivity contribution in [2.75, 3.05) is 12.3 Å². The molecule has 1 saturated heterocycles. The lowest BCUT2D eigenvalue weighted by molar-refractivity contribution is -0.0371. The molecule has 0 aromatic carbocycles. The number of imidazole rings is 1. The Labute approximate surface area is 248 Å². The van der Waals surface area contributed by atoms with Gasteiger partial charge in [-0.25, -0.2) is 4.98 Å². The molecule has 1 saturated carbocycles. The molecule has 1 aliphatic heterocycles. The summed E-state index contributed by atoms with van der Waals surface area (Å²) in [5.74, 6) is 0.403. The Hall–Kier alpha value is -1.05. The predicted octanol–water partition coefficient (Wildman–Crippen LogP) is 5.35. The maximum absolute atomic E-state index is 12.3. The van der Waals surface area contributed by atoms with E-state index in [1.54, 1.807) is 10.9 Å². The molecule has 0 spiro atoms. The van der Waals surface area contributed by atoms with Crippen molar-refractivity contribution in [1.82, 2.24) is 19.5 Å². The summed E-state index contributed by atoms with van der Waals surface area (Å²) < 4.78 is 27.3. The highest BCUT2D eigenvalue weighted by atomic mass is 32.4. The molecular formula is C26H44N5O5PS2Si. The van der Waals surface area contributed by atoms with E-state index < -0.39 is 27.3 Å². The molecule has 14 heteroatoms.